The summed E-state index contributed by atoms with van der Waals surface area (Å²) in [5, 5.41) is 0. The van der Waals surface area contributed by atoms with Crippen LogP contribution in [0.1, 0.15) is 111 Å². The third-order valence-electron chi connectivity index (χ3n) is 7.13. The smallest absolute Gasteiger partial charge is 0.308 e. The van der Waals surface area contributed by atoms with Crippen molar-refractivity contribution in [1.29, 1.82) is 0 Å². The molecule has 0 spiro atoms. The van der Waals surface area contributed by atoms with Gasteiger partial charge in [0.2, 0.25) is 0 Å². The summed E-state index contributed by atoms with van der Waals surface area (Å²) in [7, 11) is 0. The molecule has 0 aliphatic carbocycles. The molecule has 0 radical (unpaired) electrons. The minimum Gasteiger partial charge on any atom is -0.494 e. The van der Waals surface area contributed by atoms with Crippen molar-refractivity contribution >= 4 is 5.97 Å². The van der Waals surface area contributed by atoms with Crippen LogP contribution in [0.2, 0.25) is 0 Å². The van der Waals surface area contributed by atoms with Gasteiger partial charge in [-0.2, -0.15) is 0 Å². The van der Waals surface area contributed by atoms with Crippen LogP contribution in [0, 0.1) is 5.92 Å². The van der Waals surface area contributed by atoms with E-state index in [1.165, 1.54) is 68.9 Å². The molecule has 1 unspecified atom stereocenters. The molecule has 212 valence electrons. The van der Waals surface area contributed by atoms with Crippen LogP contribution in [0.15, 0.2) is 48.5 Å². The number of ether oxygens (including phenoxy) is 3. The molecule has 2 rings (SSSR count). The third-order valence-corrected chi connectivity index (χ3v) is 7.13. The van der Waals surface area contributed by atoms with Gasteiger partial charge in [-0.05, 0) is 61.1 Å². The Morgan fingerprint density at radius 3 is 1.39 bits per heavy atom. The maximum absolute atomic E-state index is 11.6. The maximum atomic E-state index is 11.6. The molecule has 2 aromatic rings. The summed E-state index contributed by atoms with van der Waals surface area (Å²) in [6.07, 6.45) is 16.6. The molecule has 0 aliphatic heterocycles. The maximum Gasteiger partial charge on any atom is 0.308 e. The van der Waals surface area contributed by atoms with Crippen molar-refractivity contribution in [3.63, 3.8) is 0 Å². The standard InChI is InChI=1S/C34H52O4/c1-4-6-15-26-36-32-22-18-30(19-23-32)31-20-24-33(25-21-31)37-27-16-13-11-9-7-8-10-12-14-17-28-38-34(35)29(3)5-2/h18-25,29H,4-17,26-28H2,1-3H3. The van der Waals surface area contributed by atoms with Gasteiger partial charge < -0.3 is 14.2 Å². The first-order chi connectivity index (χ1) is 18.6. The van der Waals surface area contributed by atoms with Crippen molar-refractivity contribution in [2.75, 3.05) is 19.8 Å². The largest absolute Gasteiger partial charge is 0.494 e. The van der Waals surface area contributed by atoms with Crippen molar-refractivity contribution in [2.24, 2.45) is 5.92 Å². The van der Waals surface area contributed by atoms with Gasteiger partial charge in [0.1, 0.15) is 11.5 Å². The predicted octanol–water partition coefficient (Wildman–Crippen LogP) is 9.79. The van der Waals surface area contributed by atoms with Gasteiger partial charge in [-0.15, -0.1) is 0 Å². The first-order valence-electron chi connectivity index (χ1n) is 15.3. The van der Waals surface area contributed by atoms with E-state index in [9.17, 15) is 4.79 Å². The van der Waals surface area contributed by atoms with Gasteiger partial charge in [0.05, 0.1) is 25.7 Å². The van der Waals surface area contributed by atoms with Gasteiger partial charge in [0.15, 0.2) is 0 Å². The van der Waals surface area contributed by atoms with Crippen molar-refractivity contribution in [1.82, 2.24) is 0 Å². The zero-order chi connectivity index (χ0) is 27.3. The molecule has 0 N–H and O–H groups in total. The van der Waals surface area contributed by atoms with E-state index in [0.717, 1.165) is 56.8 Å². The minimum absolute atomic E-state index is 0.0307. The highest BCUT2D eigenvalue weighted by molar-refractivity contribution is 5.71. The Morgan fingerprint density at radius 1 is 0.579 bits per heavy atom. The average Bonchev–Trinajstić information content (AvgIpc) is 2.95. The van der Waals surface area contributed by atoms with E-state index in [1.807, 2.05) is 13.8 Å². The number of rotatable bonds is 22. The van der Waals surface area contributed by atoms with Crippen LogP contribution in [0.25, 0.3) is 11.1 Å². The summed E-state index contributed by atoms with van der Waals surface area (Å²) in [6, 6.07) is 16.8. The summed E-state index contributed by atoms with van der Waals surface area (Å²) in [5.74, 6) is 1.87. The van der Waals surface area contributed by atoms with Gasteiger partial charge in [-0.3, -0.25) is 4.79 Å². The molecule has 4 nitrogen and oxygen atoms in total. The lowest BCUT2D eigenvalue weighted by molar-refractivity contribution is -0.148. The van der Waals surface area contributed by atoms with Gasteiger partial charge in [-0.25, -0.2) is 0 Å². The Bertz CT molecular complexity index is 844. The molecule has 38 heavy (non-hydrogen) atoms. The quantitative estimate of drug-likeness (QED) is 0.114. The topological polar surface area (TPSA) is 44.8 Å². The zero-order valence-corrected chi connectivity index (χ0v) is 24.3. The summed E-state index contributed by atoms with van der Waals surface area (Å²) >= 11 is 0. The Hall–Kier alpha value is -2.49. The number of unbranched alkanes of at least 4 members (excludes halogenated alkanes) is 11. The lowest BCUT2D eigenvalue weighted by Crippen LogP contribution is -2.14. The van der Waals surface area contributed by atoms with E-state index < -0.39 is 0 Å². The molecule has 0 aromatic heterocycles. The van der Waals surface area contributed by atoms with E-state index in [0.29, 0.717) is 6.61 Å². The molecule has 0 amide bonds. The third kappa shape index (κ3) is 13.9. The monoisotopic (exact) mass is 524 g/mol. The van der Waals surface area contributed by atoms with Crippen molar-refractivity contribution < 1.29 is 19.0 Å². The first kappa shape index (κ1) is 31.7. The molecular weight excluding hydrogens is 472 g/mol. The van der Waals surface area contributed by atoms with Gasteiger partial charge in [-0.1, -0.05) is 109 Å². The summed E-state index contributed by atoms with van der Waals surface area (Å²) < 4.78 is 17.1. The number of esters is 1. The second-order valence-electron chi connectivity index (χ2n) is 10.5. The fourth-order valence-corrected chi connectivity index (χ4v) is 4.32. The van der Waals surface area contributed by atoms with Gasteiger partial charge >= 0.3 is 5.97 Å². The molecule has 0 bridgehead atoms. The number of carbonyl (C=O) groups excluding carboxylic acids is 1. The van der Waals surface area contributed by atoms with E-state index in [4.69, 9.17) is 14.2 Å². The molecule has 1 atom stereocenters. The lowest BCUT2D eigenvalue weighted by Gasteiger charge is -2.09. The van der Waals surface area contributed by atoms with E-state index >= 15 is 0 Å². The molecule has 0 saturated carbocycles. The molecule has 0 heterocycles. The first-order valence-corrected chi connectivity index (χ1v) is 15.3. The van der Waals surface area contributed by atoms with Gasteiger partial charge in [0, 0.05) is 0 Å². The number of hydrogen-bond acceptors (Lipinski definition) is 4. The molecule has 0 aliphatic rings. The number of carbonyl (C=O) groups is 1. The van der Waals surface area contributed by atoms with Crippen LogP contribution < -0.4 is 9.47 Å². The summed E-state index contributed by atoms with van der Waals surface area (Å²) in [4.78, 5) is 11.6. The van der Waals surface area contributed by atoms with Crippen LogP contribution in [0.5, 0.6) is 11.5 Å². The Kier molecular flexibility index (Phi) is 17.1. The van der Waals surface area contributed by atoms with Crippen LogP contribution in [0.3, 0.4) is 0 Å². The second-order valence-corrected chi connectivity index (χ2v) is 10.5. The lowest BCUT2D eigenvalue weighted by atomic mass is 10.1. The van der Waals surface area contributed by atoms with Gasteiger partial charge in [0.25, 0.3) is 0 Å². The van der Waals surface area contributed by atoms with E-state index in [-0.39, 0.29) is 11.9 Å². The molecular formula is C34H52O4. The Labute approximate surface area is 232 Å². The Morgan fingerprint density at radius 2 is 0.974 bits per heavy atom. The van der Waals surface area contributed by atoms with E-state index in [2.05, 4.69) is 55.5 Å². The molecule has 0 fully saturated rings. The number of hydrogen-bond donors (Lipinski definition) is 0. The Balaban J connectivity index is 1.44. The predicted molar refractivity (Wildman–Crippen MR) is 159 cm³/mol. The van der Waals surface area contributed by atoms with Crippen LogP contribution >= 0.6 is 0 Å². The molecule has 4 heteroatoms. The highest BCUT2D eigenvalue weighted by Gasteiger charge is 2.10. The van der Waals surface area contributed by atoms with Crippen LogP contribution in [-0.4, -0.2) is 25.8 Å². The fraction of sp³-hybridized carbons (Fsp3) is 0.618. The average molecular weight is 525 g/mol. The van der Waals surface area contributed by atoms with Crippen LogP contribution in [-0.2, 0) is 9.53 Å². The zero-order valence-electron chi connectivity index (χ0n) is 24.3. The van der Waals surface area contributed by atoms with Crippen LogP contribution in [0.4, 0.5) is 0 Å². The number of benzene rings is 2. The van der Waals surface area contributed by atoms with Crippen molar-refractivity contribution in [2.45, 2.75) is 111 Å². The SMILES string of the molecule is CCCCCOc1ccc(-c2ccc(OCCCCCCCCCCCCOC(=O)C(C)CC)cc2)cc1. The second kappa shape index (κ2) is 20.5. The molecule has 0 saturated heterocycles. The minimum atomic E-state index is -0.0447. The van der Waals surface area contributed by atoms with Crippen molar-refractivity contribution in [3.05, 3.63) is 48.5 Å². The molecule has 2 aromatic carbocycles. The van der Waals surface area contributed by atoms with Crippen molar-refractivity contribution in [3.8, 4) is 22.6 Å². The normalized spacial score (nSPS) is 11.8. The highest BCUT2D eigenvalue weighted by Crippen LogP contribution is 2.25. The summed E-state index contributed by atoms with van der Waals surface area (Å²) in [6.45, 7) is 8.31. The summed E-state index contributed by atoms with van der Waals surface area (Å²) in [5.41, 5.74) is 2.39. The van der Waals surface area contributed by atoms with E-state index in [1.54, 1.807) is 0 Å². The highest BCUT2D eigenvalue weighted by atomic mass is 16.5. The fourth-order valence-electron chi connectivity index (χ4n) is 4.32.